The van der Waals surface area contributed by atoms with E-state index in [1.165, 1.54) is 16.2 Å². The molecule has 0 amide bonds. The summed E-state index contributed by atoms with van der Waals surface area (Å²) in [6.45, 7) is 0. The second kappa shape index (κ2) is 4.65. The van der Waals surface area contributed by atoms with Gasteiger partial charge in [-0.1, -0.05) is 24.3 Å². The normalized spacial score (nSPS) is 11.8. The minimum atomic E-state index is 0.338. The lowest BCUT2D eigenvalue weighted by molar-refractivity contribution is 0.600. The fourth-order valence-corrected chi connectivity index (χ4v) is 3.92. The Morgan fingerprint density at radius 2 is 1.31 bits per heavy atom. The average Bonchev–Trinajstić information content (AvgIpc) is 3.29. The Balaban J connectivity index is 1.78. The number of furan rings is 2. The van der Waals surface area contributed by atoms with Crippen LogP contribution in [0.15, 0.2) is 75.8 Å². The quantitative estimate of drug-likeness (QED) is 0.298. The highest BCUT2D eigenvalue weighted by molar-refractivity contribution is 6.20. The molecule has 0 bridgehead atoms. The Hall–Kier alpha value is -3.77. The molecule has 3 nitrogen and oxygen atoms in total. The van der Waals surface area contributed by atoms with Crippen LogP contribution in [0.2, 0.25) is 0 Å². The van der Waals surface area contributed by atoms with Crippen molar-refractivity contribution >= 4 is 54.3 Å². The summed E-state index contributed by atoms with van der Waals surface area (Å²) in [6.07, 6.45) is 1.72. The third kappa shape index (κ3) is 1.71. The molecule has 0 unspecified atom stereocenters. The Morgan fingerprint density at radius 3 is 2.04 bits per heavy atom. The highest BCUT2D eigenvalue weighted by atomic mass is 16.3. The summed E-state index contributed by atoms with van der Waals surface area (Å²) in [5.74, 6) is 0.338. The van der Waals surface area contributed by atoms with Gasteiger partial charge in [0.15, 0.2) is 0 Å². The fraction of sp³-hybridized carbons (Fsp3) is 0. The summed E-state index contributed by atoms with van der Waals surface area (Å²) < 4.78 is 11.2. The number of rotatable bonds is 0. The van der Waals surface area contributed by atoms with E-state index in [1.807, 2.05) is 12.1 Å². The van der Waals surface area contributed by atoms with Gasteiger partial charge in [-0.2, -0.15) is 5.26 Å². The molecule has 0 aliphatic carbocycles. The molecule has 26 heavy (non-hydrogen) atoms. The van der Waals surface area contributed by atoms with Gasteiger partial charge in [0.25, 0.3) is 0 Å². The second-order valence-electron chi connectivity index (χ2n) is 6.59. The molecule has 2 aromatic heterocycles. The topological polar surface area (TPSA) is 50.1 Å². The van der Waals surface area contributed by atoms with Crippen molar-refractivity contribution in [3.63, 3.8) is 0 Å². The van der Waals surface area contributed by atoms with Gasteiger partial charge in [0.1, 0.15) is 17.2 Å². The molecule has 0 spiro atoms. The number of nitriles is 1. The lowest BCUT2D eigenvalue weighted by atomic mass is 9.96. The second-order valence-corrected chi connectivity index (χ2v) is 6.59. The summed E-state index contributed by atoms with van der Waals surface area (Å²) in [5, 5.41) is 18.1. The lowest BCUT2D eigenvalue weighted by Crippen LogP contribution is -1.81. The zero-order chi connectivity index (χ0) is 17.3. The van der Waals surface area contributed by atoms with E-state index < -0.39 is 0 Å². The maximum Gasteiger partial charge on any atom is 0.204 e. The Morgan fingerprint density at radius 1 is 0.615 bits per heavy atom. The number of hydrogen-bond acceptors (Lipinski definition) is 3. The van der Waals surface area contributed by atoms with Gasteiger partial charge in [0.05, 0.1) is 6.26 Å². The maximum atomic E-state index is 9.08. The zero-order valence-electron chi connectivity index (χ0n) is 13.6. The molecule has 0 aliphatic rings. The van der Waals surface area contributed by atoms with Crippen LogP contribution < -0.4 is 0 Å². The summed E-state index contributed by atoms with van der Waals surface area (Å²) >= 11 is 0. The van der Waals surface area contributed by atoms with Crippen molar-refractivity contribution in [3.05, 3.63) is 72.7 Å². The molecule has 0 fully saturated rings. The van der Waals surface area contributed by atoms with Crippen LogP contribution in [0.5, 0.6) is 0 Å². The van der Waals surface area contributed by atoms with Crippen LogP contribution in [-0.2, 0) is 0 Å². The van der Waals surface area contributed by atoms with Gasteiger partial charge in [-0.3, -0.25) is 0 Å². The Bertz CT molecular complexity index is 1540. The minimum absolute atomic E-state index is 0.338. The first kappa shape index (κ1) is 13.5. The predicted octanol–water partition coefficient (Wildman–Crippen LogP) is 6.51. The van der Waals surface area contributed by atoms with Crippen molar-refractivity contribution in [2.75, 3.05) is 0 Å². The molecule has 3 heteroatoms. The summed E-state index contributed by atoms with van der Waals surface area (Å²) in [5.41, 5.74) is 1.63. The summed E-state index contributed by atoms with van der Waals surface area (Å²) in [6, 6.07) is 22.8. The Labute approximate surface area is 147 Å². The predicted molar refractivity (Wildman–Crippen MR) is 103 cm³/mol. The van der Waals surface area contributed by atoms with E-state index >= 15 is 0 Å². The molecule has 6 aromatic rings. The minimum Gasteiger partial charge on any atom is -0.464 e. The number of fused-ring (bicyclic) bond motifs is 7. The molecular formula is C23H11NO2. The van der Waals surface area contributed by atoms with Crippen LogP contribution in [-0.4, -0.2) is 0 Å². The molecule has 0 N–H and O–H groups in total. The van der Waals surface area contributed by atoms with Gasteiger partial charge in [0.2, 0.25) is 5.76 Å². The molecule has 0 saturated heterocycles. The van der Waals surface area contributed by atoms with Crippen molar-refractivity contribution < 1.29 is 8.83 Å². The van der Waals surface area contributed by atoms with Gasteiger partial charge in [-0.15, -0.1) is 0 Å². The van der Waals surface area contributed by atoms with Crippen molar-refractivity contribution in [1.29, 1.82) is 5.26 Å². The molecule has 0 radical (unpaired) electrons. The van der Waals surface area contributed by atoms with Crippen molar-refractivity contribution in [1.82, 2.24) is 0 Å². The smallest absolute Gasteiger partial charge is 0.204 e. The van der Waals surface area contributed by atoms with Crippen LogP contribution in [0.3, 0.4) is 0 Å². The monoisotopic (exact) mass is 333 g/mol. The number of hydrogen-bond donors (Lipinski definition) is 0. The first-order valence-corrected chi connectivity index (χ1v) is 8.40. The fourth-order valence-electron chi connectivity index (χ4n) is 3.92. The van der Waals surface area contributed by atoms with Crippen LogP contribution in [0.25, 0.3) is 54.3 Å². The number of benzene rings is 4. The zero-order valence-corrected chi connectivity index (χ0v) is 13.6. The highest BCUT2D eigenvalue weighted by Crippen LogP contribution is 2.35. The van der Waals surface area contributed by atoms with Crippen LogP contribution in [0.4, 0.5) is 0 Å². The molecular weight excluding hydrogens is 322 g/mol. The molecule has 4 aromatic carbocycles. The third-order valence-corrected chi connectivity index (χ3v) is 5.15. The van der Waals surface area contributed by atoms with Crippen molar-refractivity contribution in [3.8, 4) is 6.07 Å². The number of nitrogens with zero attached hydrogens (tertiary/aromatic N) is 1. The molecule has 0 aliphatic heterocycles. The van der Waals surface area contributed by atoms with Crippen LogP contribution in [0, 0.1) is 11.3 Å². The summed E-state index contributed by atoms with van der Waals surface area (Å²) in [4.78, 5) is 0. The van der Waals surface area contributed by atoms with Gasteiger partial charge in [-0.05, 0) is 62.6 Å². The van der Waals surface area contributed by atoms with E-state index in [0.717, 1.165) is 38.1 Å². The molecule has 0 atom stereocenters. The van der Waals surface area contributed by atoms with Gasteiger partial charge >= 0.3 is 0 Å². The SMILES string of the molecule is N#Cc1cc2cc3ccc4c5cc6occc6cc5ccc4c3cc2o1. The van der Waals surface area contributed by atoms with Crippen molar-refractivity contribution in [2.24, 2.45) is 0 Å². The van der Waals surface area contributed by atoms with E-state index in [9.17, 15) is 0 Å². The lowest BCUT2D eigenvalue weighted by Gasteiger charge is -2.08. The highest BCUT2D eigenvalue weighted by Gasteiger charge is 2.10. The standard InChI is InChI=1S/C23H11NO2/c24-12-17-9-16-8-14-2-4-18-19(21(14)11-23(16)26-17)3-1-13-7-15-5-6-25-22(15)10-20(13)18/h1-11H. The average molecular weight is 333 g/mol. The first-order chi connectivity index (χ1) is 12.8. The molecule has 120 valence electrons. The van der Waals surface area contributed by atoms with Crippen molar-refractivity contribution in [2.45, 2.75) is 0 Å². The van der Waals surface area contributed by atoms with E-state index in [2.05, 4.69) is 48.5 Å². The first-order valence-electron chi connectivity index (χ1n) is 8.40. The maximum absolute atomic E-state index is 9.08. The van der Waals surface area contributed by atoms with Crippen LogP contribution in [0.1, 0.15) is 5.76 Å². The van der Waals surface area contributed by atoms with Gasteiger partial charge < -0.3 is 8.83 Å². The molecule has 2 heterocycles. The van der Waals surface area contributed by atoms with E-state index in [-0.39, 0.29) is 0 Å². The van der Waals surface area contributed by atoms with Crippen LogP contribution >= 0.6 is 0 Å². The van der Waals surface area contributed by atoms with E-state index in [4.69, 9.17) is 14.1 Å². The van der Waals surface area contributed by atoms with E-state index in [1.54, 1.807) is 12.3 Å². The van der Waals surface area contributed by atoms with Gasteiger partial charge in [0, 0.05) is 16.8 Å². The molecule has 6 rings (SSSR count). The summed E-state index contributed by atoms with van der Waals surface area (Å²) in [7, 11) is 0. The molecule has 0 saturated carbocycles. The third-order valence-electron chi connectivity index (χ3n) is 5.15. The Kier molecular flexibility index (Phi) is 2.42. The van der Waals surface area contributed by atoms with E-state index in [0.29, 0.717) is 5.76 Å². The van der Waals surface area contributed by atoms with Gasteiger partial charge in [-0.25, -0.2) is 0 Å². The largest absolute Gasteiger partial charge is 0.464 e.